The molecule has 0 aliphatic heterocycles. The summed E-state index contributed by atoms with van der Waals surface area (Å²) in [6.45, 7) is 4.08. The average molecular weight is 269 g/mol. The molecule has 1 fully saturated rings. The van der Waals surface area contributed by atoms with Crippen molar-refractivity contribution >= 4 is 10.8 Å². The van der Waals surface area contributed by atoms with Crippen molar-refractivity contribution < 1.29 is 5.11 Å². The Morgan fingerprint density at radius 2 is 1.95 bits per heavy atom. The Morgan fingerprint density at radius 1 is 1.15 bits per heavy atom. The first-order chi connectivity index (χ1) is 9.74. The first-order valence-electron chi connectivity index (χ1n) is 7.64. The Morgan fingerprint density at radius 3 is 2.70 bits per heavy atom. The highest BCUT2D eigenvalue weighted by molar-refractivity contribution is 5.87. The molecule has 0 saturated heterocycles. The third-order valence-electron chi connectivity index (χ3n) is 4.56. The van der Waals surface area contributed by atoms with E-state index in [4.69, 9.17) is 0 Å². The zero-order valence-corrected chi connectivity index (χ0v) is 12.2. The summed E-state index contributed by atoms with van der Waals surface area (Å²) in [4.78, 5) is 0. The number of phenols is 1. The van der Waals surface area contributed by atoms with Crippen molar-refractivity contribution in [2.24, 2.45) is 5.41 Å². The Labute approximate surface area is 120 Å². The molecular weight excluding hydrogens is 246 g/mol. The molecule has 0 bridgehead atoms. The number of phenolic OH excluding ortho intramolecular Hbond substituents is 1. The number of benzene rings is 2. The quantitative estimate of drug-likeness (QED) is 0.823. The minimum Gasteiger partial charge on any atom is -0.508 e. The van der Waals surface area contributed by atoms with Crippen LogP contribution in [-0.4, -0.2) is 11.7 Å². The zero-order valence-electron chi connectivity index (χ0n) is 12.2. The second-order valence-corrected chi connectivity index (χ2v) is 6.14. The van der Waals surface area contributed by atoms with Gasteiger partial charge in [-0.15, -0.1) is 0 Å². The number of aromatic hydroxyl groups is 1. The van der Waals surface area contributed by atoms with E-state index in [1.54, 1.807) is 6.07 Å². The fourth-order valence-corrected chi connectivity index (χ4v) is 3.19. The van der Waals surface area contributed by atoms with E-state index in [-0.39, 0.29) is 0 Å². The largest absolute Gasteiger partial charge is 0.508 e. The summed E-state index contributed by atoms with van der Waals surface area (Å²) in [5, 5.41) is 16.0. The second kappa shape index (κ2) is 5.45. The number of nitrogens with one attached hydrogen (secondary N) is 1. The molecule has 106 valence electrons. The normalized spacial score (nSPS) is 16.4. The van der Waals surface area contributed by atoms with Crippen LogP contribution in [0.25, 0.3) is 10.8 Å². The molecule has 20 heavy (non-hydrogen) atoms. The van der Waals surface area contributed by atoms with E-state index in [0.29, 0.717) is 11.2 Å². The lowest BCUT2D eigenvalue weighted by molar-refractivity contribution is 0.415. The number of fused-ring (bicyclic) bond motifs is 1. The molecule has 2 nitrogen and oxygen atoms in total. The van der Waals surface area contributed by atoms with Crippen LogP contribution in [0, 0.1) is 5.41 Å². The molecule has 2 aromatic carbocycles. The number of hydrogen-bond acceptors (Lipinski definition) is 2. The minimum atomic E-state index is 0.400. The van der Waals surface area contributed by atoms with Crippen molar-refractivity contribution in [2.45, 2.75) is 39.2 Å². The molecule has 0 heterocycles. The molecule has 0 atom stereocenters. The van der Waals surface area contributed by atoms with Crippen molar-refractivity contribution in [1.82, 2.24) is 5.32 Å². The fraction of sp³-hybridized carbons (Fsp3) is 0.444. The molecule has 0 aromatic heterocycles. The summed E-state index contributed by atoms with van der Waals surface area (Å²) in [5.41, 5.74) is 1.57. The van der Waals surface area contributed by atoms with E-state index < -0.39 is 0 Å². The third-order valence-corrected chi connectivity index (χ3v) is 4.56. The SMILES string of the molecule is CCCC1(CNCc2c(O)ccc3ccccc23)CC1. The van der Waals surface area contributed by atoms with Crippen LogP contribution in [-0.2, 0) is 6.54 Å². The van der Waals surface area contributed by atoms with E-state index in [2.05, 4.69) is 24.4 Å². The fourth-order valence-electron chi connectivity index (χ4n) is 3.19. The average Bonchev–Trinajstić information content (AvgIpc) is 3.22. The van der Waals surface area contributed by atoms with Gasteiger partial charge in [0.15, 0.2) is 0 Å². The predicted molar refractivity (Wildman–Crippen MR) is 83.9 cm³/mol. The molecule has 0 unspecified atom stereocenters. The summed E-state index contributed by atoms with van der Waals surface area (Å²) in [5.74, 6) is 0.400. The molecule has 2 aromatic rings. The van der Waals surface area contributed by atoms with Crippen LogP contribution >= 0.6 is 0 Å². The Balaban J connectivity index is 1.72. The van der Waals surface area contributed by atoms with Crippen LogP contribution in [0.5, 0.6) is 5.75 Å². The van der Waals surface area contributed by atoms with E-state index in [1.165, 1.54) is 31.1 Å². The van der Waals surface area contributed by atoms with E-state index in [1.807, 2.05) is 18.2 Å². The Hall–Kier alpha value is -1.54. The van der Waals surface area contributed by atoms with Gasteiger partial charge in [0.05, 0.1) is 0 Å². The van der Waals surface area contributed by atoms with Gasteiger partial charge in [0.1, 0.15) is 5.75 Å². The van der Waals surface area contributed by atoms with Gasteiger partial charge < -0.3 is 10.4 Å². The minimum absolute atomic E-state index is 0.400. The van der Waals surface area contributed by atoms with Crippen LogP contribution in [0.1, 0.15) is 38.2 Å². The van der Waals surface area contributed by atoms with E-state index in [9.17, 15) is 5.11 Å². The van der Waals surface area contributed by atoms with Gasteiger partial charge in [0, 0.05) is 18.7 Å². The van der Waals surface area contributed by atoms with Crippen LogP contribution in [0.3, 0.4) is 0 Å². The van der Waals surface area contributed by atoms with Crippen molar-refractivity contribution in [3.05, 3.63) is 42.0 Å². The van der Waals surface area contributed by atoms with Crippen molar-refractivity contribution in [2.75, 3.05) is 6.54 Å². The van der Waals surface area contributed by atoms with Gasteiger partial charge in [-0.3, -0.25) is 0 Å². The molecule has 0 spiro atoms. The van der Waals surface area contributed by atoms with Crippen LogP contribution in [0.4, 0.5) is 0 Å². The maximum Gasteiger partial charge on any atom is 0.120 e. The lowest BCUT2D eigenvalue weighted by Crippen LogP contribution is -2.23. The maximum absolute atomic E-state index is 10.1. The highest BCUT2D eigenvalue weighted by Crippen LogP contribution is 2.49. The zero-order chi connectivity index (χ0) is 14.0. The van der Waals surface area contributed by atoms with Gasteiger partial charge in [-0.1, -0.05) is 43.7 Å². The molecule has 0 amide bonds. The highest BCUT2D eigenvalue weighted by atomic mass is 16.3. The Bertz CT molecular complexity index is 601. The van der Waals surface area contributed by atoms with Gasteiger partial charge in [0.25, 0.3) is 0 Å². The molecule has 3 rings (SSSR count). The van der Waals surface area contributed by atoms with Gasteiger partial charge in [-0.2, -0.15) is 0 Å². The molecule has 2 N–H and O–H groups in total. The molecule has 1 aliphatic carbocycles. The molecular formula is C18H23NO. The van der Waals surface area contributed by atoms with Gasteiger partial charge >= 0.3 is 0 Å². The molecule has 1 aliphatic rings. The summed E-state index contributed by atoms with van der Waals surface area (Å²) >= 11 is 0. The molecule has 1 saturated carbocycles. The van der Waals surface area contributed by atoms with Crippen molar-refractivity contribution in [3.63, 3.8) is 0 Å². The lowest BCUT2D eigenvalue weighted by Gasteiger charge is -2.16. The van der Waals surface area contributed by atoms with Crippen molar-refractivity contribution in [1.29, 1.82) is 0 Å². The predicted octanol–water partition coefficient (Wildman–Crippen LogP) is 4.22. The number of hydrogen-bond donors (Lipinski definition) is 2. The number of rotatable bonds is 6. The molecule has 2 heteroatoms. The van der Waals surface area contributed by atoms with Gasteiger partial charge in [0.2, 0.25) is 0 Å². The van der Waals surface area contributed by atoms with Crippen molar-refractivity contribution in [3.8, 4) is 5.75 Å². The second-order valence-electron chi connectivity index (χ2n) is 6.14. The van der Waals surface area contributed by atoms with Gasteiger partial charge in [-0.05, 0) is 41.5 Å². The summed E-state index contributed by atoms with van der Waals surface area (Å²) in [6.07, 6.45) is 5.30. The topological polar surface area (TPSA) is 32.3 Å². The Kier molecular flexibility index (Phi) is 3.66. The van der Waals surface area contributed by atoms with E-state index >= 15 is 0 Å². The van der Waals surface area contributed by atoms with E-state index in [0.717, 1.165) is 24.0 Å². The summed E-state index contributed by atoms with van der Waals surface area (Å²) in [7, 11) is 0. The molecule has 0 radical (unpaired) electrons. The lowest BCUT2D eigenvalue weighted by atomic mass is 10.00. The highest BCUT2D eigenvalue weighted by Gasteiger charge is 2.40. The standard InChI is InChI=1S/C18H23NO/c1-2-9-18(10-11-18)13-19-12-16-15-6-4-3-5-14(15)7-8-17(16)20/h3-8,19-20H,2,9-13H2,1H3. The first-order valence-corrected chi connectivity index (χ1v) is 7.64. The van der Waals surface area contributed by atoms with Crippen LogP contribution in [0.2, 0.25) is 0 Å². The summed E-state index contributed by atoms with van der Waals surface area (Å²) < 4.78 is 0. The van der Waals surface area contributed by atoms with Crippen LogP contribution < -0.4 is 5.32 Å². The summed E-state index contributed by atoms with van der Waals surface area (Å²) in [6, 6.07) is 12.0. The monoisotopic (exact) mass is 269 g/mol. The van der Waals surface area contributed by atoms with Crippen LogP contribution in [0.15, 0.2) is 36.4 Å². The first kappa shape index (κ1) is 13.4. The van der Waals surface area contributed by atoms with Gasteiger partial charge in [-0.25, -0.2) is 0 Å². The smallest absolute Gasteiger partial charge is 0.120 e. The maximum atomic E-state index is 10.1. The third kappa shape index (κ3) is 2.66.